The van der Waals surface area contributed by atoms with E-state index in [1.807, 2.05) is 24.3 Å². The minimum atomic E-state index is 0. The number of rotatable bonds is 1. The van der Waals surface area contributed by atoms with E-state index in [-0.39, 0.29) is 12.4 Å². The van der Waals surface area contributed by atoms with E-state index < -0.39 is 0 Å². The van der Waals surface area contributed by atoms with Crippen LogP contribution in [0, 0.1) is 6.92 Å². The summed E-state index contributed by atoms with van der Waals surface area (Å²) in [5.41, 5.74) is 2.21. The molecule has 0 amide bonds. The Kier molecular flexibility index (Phi) is 4.26. The first-order valence-electron chi connectivity index (χ1n) is 2.77. The molecule has 3 heteroatoms. The van der Waals surface area contributed by atoms with Gasteiger partial charge >= 0.3 is 0 Å². The Balaban J connectivity index is 0.000000810. The summed E-state index contributed by atoms with van der Waals surface area (Å²) in [4.78, 5) is 0. The molecule has 0 aliphatic carbocycles. The summed E-state index contributed by atoms with van der Waals surface area (Å²) in [5, 5.41) is 0. The van der Waals surface area contributed by atoms with Gasteiger partial charge in [0.05, 0.1) is 5.69 Å². The van der Waals surface area contributed by atoms with E-state index >= 15 is 0 Å². The molecular formula is C7H9ClNP. The van der Waals surface area contributed by atoms with E-state index in [1.165, 1.54) is 5.56 Å². The molecule has 0 unspecified atom stereocenters. The lowest BCUT2D eigenvalue weighted by molar-refractivity contribution is 1.45. The van der Waals surface area contributed by atoms with Gasteiger partial charge in [-0.3, -0.25) is 0 Å². The van der Waals surface area contributed by atoms with Crippen LogP contribution in [0.25, 0.3) is 0 Å². The van der Waals surface area contributed by atoms with Crippen molar-refractivity contribution in [1.82, 2.24) is 0 Å². The summed E-state index contributed by atoms with van der Waals surface area (Å²) in [6.07, 6.45) is 0. The van der Waals surface area contributed by atoms with Crippen LogP contribution in [0.3, 0.4) is 0 Å². The highest BCUT2D eigenvalue weighted by atomic mass is 35.5. The molecule has 0 heterocycles. The number of hydrogen-bond acceptors (Lipinski definition) is 1. The van der Waals surface area contributed by atoms with E-state index in [0.29, 0.717) is 0 Å². The highest BCUT2D eigenvalue weighted by Gasteiger charge is 1.83. The molecule has 0 radical (unpaired) electrons. The van der Waals surface area contributed by atoms with Crippen molar-refractivity contribution in [2.75, 3.05) is 0 Å². The molecule has 1 aromatic carbocycles. The summed E-state index contributed by atoms with van der Waals surface area (Å²) >= 11 is 0. The van der Waals surface area contributed by atoms with Gasteiger partial charge in [0.1, 0.15) is 0 Å². The number of halogens is 1. The molecule has 0 fully saturated rings. The minimum absolute atomic E-state index is 0. The van der Waals surface area contributed by atoms with Gasteiger partial charge < -0.3 is 0 Å². The predicted octanol–water partition coefficient (Wildman–Crippen LogP) is 3.37. The van der Waals surface area contributed by atoms with Crippen molar-refractivity contribution < 1.29 is 0 Å². The Morgan fingerprint density at radius 3 is 2.10 bits per heavy atom. The largest absolute Gasteiger partial charge is 0.236 e. The second-order valence-electron chi connectivity index (χ2n) is 1.95. The predicted molar refractivity (Wildman–Crippen MR) is 48.8 cm³/mol. The monoisotopic (exact) mass is 173 g/mol. The van der Waals surface area contributed by atoms with Crippen LogP contribution in [0.4, 0.5) is 5.69 Å². The molecule has 0 N–H and O–H groups in total. The third-order valence-corrected chi connectivity index (χ3v) is 1.42. The molecule has 1 rings (SSSR count). The number of aryl methyl sites for hydroxylation is 1. The lowest BCUT2D eigenvalue weighted by Gasteiger charge is -1.90. The van der Waals surface area contributed by atoms with Crippen LogP contribution in [0.2, 0.25) is 0 Å². The third-order valence-electron chi connectivity index (χ3n) is 1.16. The van der Waals surface area contributed by atoms with Crippen LogP contribution in [-0.2, 0) is 0 Å². The van der Waals surface area contributed by atoms with Crippen molar-refractivity contribution in [2.45, 2.75) is 6.92 Å². The molecule has 54 valence electrons. The molecule has 0 aliphatic heterocycles. The zero-order valence-electron chi connectivity index (χ0n) is 5.66. The maximum atomic E-state index is 3.82. The first kappa shape index (κ1) is 9.61. The fraction of sp³-hybridized carbons (Fsp3) is 0.143. The van der Waals surface area contributed by atoms with Gasteiger partial charge in [-0.2, -0.15) is 0 Å². The Morgan fingerprint density at radius 2 is 1.70 bits per heavy atom. The van der Waals surface area contributed by atoms with Crippen molar-refractivity contribution >= 4 is 27.1 Å². The van der Waals surface area contributed by atoms with Gasteiger partial charge in [-0.15, -0.1) is 12.4 Å². The summed E-state index contributed by atoms with van der Waals surface area (Å²) in [6.45, 7) is 2.05. The molecule has 10 heavy (non-hydrogen) atoms. The molecule has 0 aliphatic rings. The topological polar surface area (TPSA) is 12.4 Å². The molecular weight excluding hydrogens is 165 g/mol. The fourth-order valence-electron chi connectivity index (χ4n) is 0.619. The summed E-state index contributed by atoms with van der Waals surface area (Å²) in [6, 6.07) is 7.97. The van der Waals surface area contributed by atoms with Crippen molar-refractivity contribution in [3.8, 4) is 0 Å². The Morgan fingerprint density at radius 1 is 1.20 bits per heavy atom. The minimum Gasteiger partial charge on any atom is -0.236 e. The van der Waals surface area contributed by atoms with E-state index in [2.05, 4.69) is 20.7 Å². The van der Waals surface area contributed by atoms with Gasteiger partial charge in [-0.25, -0.2) is 4.74 Å². The quantitative estimate of drug-likeness (QED) is 0.578. The van der Waals surface area contributed by atoms with Crippen LogP contribution >= 0.6 is 21.4 Å². The van der Waals surface area contributed by atoms with Crippen molar-refractivity contribution in [3.05, 3.63) is 29.8 Å². The second kappa shape index (κ2) is 4.43. The maximum absolute atomic E-state index is 3.82. The Hall–Kier alpha value is -0.390. The van der Waals surface area contributed by atoms with Crippen LogP contribution in [-0.4, -0.2) is 0 Å². The third kappa shape index (κ3) is 2.47. The van der Waals surface area contributed by atoms with Gasteiger partial charge in [0, 0.05) is 0 Å². The molecule has 0 bridgehead atoms. The van der Waals surface area contributed by atoms with Crippen LogP contribution in [0.5, 0.6) is 0 Å². The molecule has 0 atom stereocenters. The summed E-state index contributed by atoms with van der Waals surface area (Å²) in [5.74, 6) is 0. The van der Waals surface area contributed by atoms with Gasteiger partial charge in [0.25, 0.3) is 0 Å². The van der Waals surface area contributed by atoms with Crippen molar-refractivity contribution in [1.29, 1.82) is 0 Å². The van der Waals surface area contributed by atoms with Gasteiger partial charge in [-0.05, 0) is 28.1 Å². The number of hydrogen-bond donors (Lipinski definition) is 0. The highest BCUT2D eigenvalue weighted by molar-refractivity contribution is 7.04. The zero-order chi connectivity index (χ0) is 6.69. The molecule has 1 aromatic rings. The average molecular weight is 174 g/mol. The first-order chi connectivity index (χ1) is 4.33. The van der Waals surface area contributed by atoms with E-state index in [0.717, 1.165) is 5.69 Å². The van der Waals surface area contributed by atoms with Crippen molar-refractivity contribution in [2.24, 2.45) is 4.74 Å². The average Bonchev–Trinajstić information content (AvgIpc) is 1.90. The fourth-order valence-corrected chi connectivity index (χ4v) is 0.768. The lowest BCUT2D eigenvalue weighted by atomic mass is 10.2. The molecule has 0 spiro atoms. The van der Waals surface area contributed by atoms with Crippen molar-refractivity contribution in [3.63, 3.8) is 0 Å². The van der Waals surface area contributed by atoms with Gasteiger partial charge in [-0.1, -0.05) is 17.7 Å². The van der Waals surface area contributed by atoms with Crippen LogP contribution < -0.4 is 0 Å². The standard InChI is InChI=1S/C7H8NP.ClH/c1-6-2-4-7(8-9)5-3-6;/h2-5,9H,1H3;1H. The zero-order valence-corrected chi connectivity index (χ0v) is 7.48. The van der Waals surface area contributed by atoms with Gasteiger partial charge in [0.2, 0.25) is 0 Å². The van der Waals surface area contributed by atoms with Crippen LogP contribution in [0.15, 0.2) is 29.0 Å². The SMILES string of the molecule is Cc1ccc(N=P)cc1.Cl. The molecule has 0 saturated carbocycles. The second-order valence-corrected chi connectivity index (χ2v) is 2.17. The van der Waals surface area contributed by atoms with Crippen LogP contribution in [0.1, 0.15) is 5.56 Å². The van der Waals surface area contributed by atoms with E-state index in [1.54, 1.807) is 0 Å². The maximum Gasteiger partial charge on any atom is 0.0672 e. The Bertz CT molecular complexity index is 207. The first-order valence-corrected chi connectivity index (χ1v) is 3.22. The van der Waals surface area contributed by atoms with E-state index in [9.17, 15) is 0 Å². The molecule has 0 aromatic heterocycles. The molecule has 0 saturated heterocycles. The van der Waals surface area contributed by atoms with Gasteiger partial charge in [0.15, 0.2) is 0 Å². The highest BCUT2D eigenvalue weighted by Crippen LogP contribution is 2.12. The smallest absolute Gasteiger partial charge is 0.0672 e. The van der Waals surface area contributed by atoms with E-state index in [4.69, 9.17) is 0 Å². The Labute approximate surface area is 69.2 Å². The molecule has 1 nitrogen and oxygen atoms in total. The lowest BCUT2D eigenvalue weighted by Crippen LogP contribution is -1.65. The normalized spacial score (nSPS) is 8.10. The summed E-state index contributed by atoms with van der Waals surface area (Å²) in [7, 11) is 3.05. The summed E-state index contributed by atoms with van der Waals surface area (Å²) < 4.78 is 3.82. The number of nitrogens with zero attached hydrogens (tertiary/aromatic N) is 1. The number of benzene rings is 1.